The number of amides is 2. The number of aromatic nitrogens is 1. The van der Waals surface area contributed by atoms with Gasteiger partial charge in [0.05, 0.1) is 21.9 Å². The lowest BCUT2D eigenvalue weighted by Gasteiger charge is -2.40. The predicted molar refractivity (Wildman–Crippen MR) is 146 cm³/mol. The van der Waals surface area contributed by atoms with Crippen molar-refractivity contribution in [3.8, 4) is 0 Å². The van der Waals surface area contributed by atoms with Crippen molar-refractivity contribution in [1.29, 1.82) is 0 Å². The van der Waals surface area contributed by atoms with Crippen molar-refractivity contribution in [3.63, 3.8) is 0 Å². The molecule has 3 aromatic rings. The van der Waals surface area contributed by atoms with Crippen LogP contribution in [0.3, 0.4) is 0 Å². The van der Waals surface area contributed by atoms with Crippen LogP contribution in [0.5, 0.6) is 0 Å². The van der Waals surface area contributed by atoms with Gasteiger partial charge in [0.25, 0.3) is 0 Å². The maximum Gasteiger partial charge on any atom is 0.410 e. The van der Waals surface area contributed by atoms with E-state index in [0.717, 1.165) is 10.9 Å². The summed E-state index contributed by atoms with van der Waals surface area (Å²) in [7, 11) is -3.42. The summed E-state index contributed by atoms with van der Waals surface area (Å²) in [6.07, 6.45) is 0.0326. The minimum atomic E-state index is -3.42. The van der Waals surface area contributed by atoms with Crippen molar-refractivity contribution >= 4 is 44.2 Å². The zero-order valence-corrected chi connectivity index (χ0v) is 22.8. The lowest BCUT2D eigenvalue weighted by molar-refractivity contribution is -0.125. The second-order valence-corrected chi connectivity index (χ2v) is 12.9. The van der Waals surface area contributed by atoms with Crippen LogP contribution in [0.2, 0.25) is 0 Å². The number of benzene rings is 2. The molecule has 0 bridgehead atoms. The van der Waals surface area contributed by atoms with Crippen molar-refractivity contribution in [2.75, 3.05) is 29.1 Å². The Balaban J connectivity index is 1.46. The van der Waals surface area contributed by atoms with Gasteiger partial charge in [0.15, 0.2) is 9.84 Å². The molecule has 5 rings (SSSR count). The van der Waals surface area contributed by atoms with E-state index in [1.807, 2.05) is 42.2 Å². The molecule has 2 amide bonds. The van der Waals surface area contributed by atoms with Crippen molar-refractivity contribution in [3.05, 3.63) is 59.7 Å². The highest BCUT2D eigenvalue weighted by molar-refractivity contribution is 7.91. The van der Waals surface area contributed by atoms with Crippen LogP contribution in [0, 0.1) is 6.92 Å². The summed E-state index contributed by atoms with van der Waals surface area (Å²) in [5, 5.41) is 3.79. The predicted octanol–water partition coefficient (Wildman–Crippen LogP) is 4.29. The number of likely N-dealkylation sites (tertiary alicyclic amines) is 1. The van der Waals surface area contributed by atoms with Gasteiger partial charge in [-0.05, 0) is 57.9 Å². The minimum Gasteiger partial charge on any atom is -0.444 e. The average molecular weight is 537 g/mol. The van der Waals surface area contributed by atoms with Crippen molar-refractivity contribution in [2.45, 2.75) is 57.2 Å². The number of anilines is 2. The number of hydrogen-bond donors (Lipinski definition) is 1. The van der Waals surface area contributed by atoms with E-state index in [9.17, 15) is 18.0 Å². The molecule has 38 heavy (non-hydrogen) atoms. The molecule has 0 radical (unpaired) electrons. The number of carbonyl (C=O) groups is 2. The highest BCUT2D eigenvalue weighted by Crippen LogP contribution is 2.32. The molecule has 3 heterocycles. The Morgan fingerprint density at radius 3 is 2.55 bits per heavy atom. The number of ether oxygens (including phenoxy) is 1. The van der Waals surface area contributed by atoms with Gasteiger partial charge in [0.2, 0.25) is 5.91 Å². The molecule has 2 aliphatic heterocycles. The van der Waals surface area contributed by atoms with Gasteiger partial charge < -0.3 is 15.0 Å². The Bertz CT molecular complexity index is 1530. The number of carbonyl (C=O) groups excluding carboxylic acids is 2. The molecule has 0 saturated carbocycles. The van der Waals surface area contributed by atoms with Crippen LogP contribution >= 0.6 is 0 Å². The first-order chi connectivity index (χ1) is 17.9. The summed E-state index contributed by atoms with van der Waals surface area (Å²) in [5.74, 6) is 0.235. The van der Waals surface area contributed by atoms with Crippen LogP contribution in [-0.2, 0) is 25.9 Å². The zero-order chi connectivity index (χ0) is 27.2. The third-order valence-electron chi connectivity index (χ3n) is 6.78. The standard InChI is InChI=1S/C28H32N4O5S/c1-18-9-10-21-20(15-18)22(30-26(33)23-11-12-32(23)27(34)37-28(2,3)4)16-25(29-21)31-13-14-38(35,36)24-8-6-5-7-19(24)17-31/h5-10,15-16,23H,11-14,17H2,1-4H3,(H,29,30,33). The van der Waals surface area contributed by atoms with E-state index in [4.69, 9.17) is 9.72 Å². The number of aryl methyl sites for hydroxylation is 1. The van der Waals surface area contributed by atoms with E-state index in [0.29, 0.717) is 47.0 Å². The topological polar surface area (TPSA) is 109 Å². The van der Waals surface area contributed by atoms with Crippen LogP contribution in [0.25, 0.3) is 10.9 Å². The Morgan fingerprint density at radius 2 is 1.84 bits per heavy atom. The van der Waals surface area contributed by atoms with Crippen LogP contribution < -0.4 is 10.2 Å². The number of nitrogens with one attached hydrogen (secondary N) is 1. The molecule has 1 atom stereocenters. The number of nitrogens with zero attached hydrogens (tertiary/aromatic N) is 3. The molecule has 0 spiro atoms. The molecule has 0 aliphatic carbocycles. The fourth-order valence-electron chi connectivity index (χ4n) is 4.76. The molecular formula is C28H32N4O5S. The summed E-state index contributed by atoms with van der Waals surface area (Å²) >= 11 is 0. The second-order valence-electron chi connectivity index (χ2n) is 10.9. The van der Waals surface area contributed by atoms with E-state index in [1.165, 1.54) is 4.90 Å². The van der Waals surface area contributed by atoms with Gasteiger partial charge in [-0.25, -0.2) is 18.2 Å². The fourth-order valence-corrected chi connectivity index (χ4v) is 6.26. The normalized spacial score (nSPS) is 18.8. The highest BCUT2D eigenvalue weighted by atomic mass is 32.2. The van der Waals surface area contributed by atoms with Crippen LogP contribution in [0.1, 0.15) is 38.3 Å². The van der Waals surface area contributed by atoms with Gasteiger partial charge in [-0.15, -0.1) is 0 Å². The number of sulfone groups is 1. The molecule has 2 aromatic carbocycles. The van der Waals surface area contributed by atoms with Crippen molar-refractivity contribution < 1.29 is 22.7 Å². The number of fused-ring (bicyclic) bond motifs is 2. The highest BCUT2D eigenvalue weighted by Gasteiger charge is 2.40. The van der Waals surface area contributed by atoms with E-state index >= 15 is 0 Å². The Labute approximate surface area is 222 Å². The lowest BCUT2D eigenvalue weighted by Crippen LogP contribution is -2.57. The summed E-state index contributed by atoms with van der Waals surface area (Å²) in [6, 6.07) is 14.0. The third kappa shape index (κ3) is 5.18. The fraction of sp³-hybridized carbons (Fsp3) is 0.393. The van der Waals surface area contributed by atoms with Crippen molar-refractivity contribution in [2.24, 2.45) is 0 Å². The smallest absolute Gasteiger partial charge is 0.410 e. The third-order valence-corrected chi connectivity index (χ3v) is 8.57. The van der Waals surface area contributed by atoms with E-state index < -0.39 is 27.6 Å². The second kappa shape index (κ2) is 9.58. The summed E-state index contributed by atoms with van der Waals surface area (Å²) < 4.78 is 31.2. The molecule has 10 heteroatoms. The maximum absolute atomic E-state index is 13.3. The van der Waals surface area contributed by atoms with Gasteiger partial charge >= 0.3 is 6.09 Å². The summed E-state index contributed by atoms with van der Waals surface area (Å²) in [6.45, 7) is 8.44. The van der Waals surface area contributed by atoms with Gasteiger partial charge in [-0.1, -0.05) is 29.8 Å². The van der Waals surface area contributed by atoms with Gasteiger partial charge in [-0.2, -0.15) is 0 Å². The number of rotatable bonds is 3. The molecule has 1 unspecified atom stereocenters. The van der Waals surface area contributed by atoms with Gasteiger partial charge in [-0.3, -0.25) is 9.69 Å². The molecule has 1 aromatic heterocycles. The first kappa shape index (κ1) is 26.0. The molecule has 200 valence electrons. The Morgan fingerprint density at radius 1 is 1.08 bits per heavy atom. The van der Waals surface area contributed by atoms with E-state index in [1.54, 1.807) is 39.0 Å². The monoisotopic (exact) mass is 536 g/mol. The molecular weight excluding hydrogens is 504 g/mol. The maximum atomic E-state index is 13.3. The first-order valence-electron chi connectivity index (χ1n) is 12.7. The van der Waals surface area contributed by atoms with E-state index in [-0.39, 0.29) is 18.2 Å². The van der Waals surface area contributed by atoms with Crippen molar-refractivity contribution in [1.82, 2.24) is 9.88 Å². The van der Waals surface area contributed by atoms with Crippen LogP contribution in [-0.4, -0.2) is 60.8 Å². The molecule has 9 nitrogen and oxygen atoms in total. The first-order valence-corrected chi connectivity index (χ1v) is 14.3. The van der Waals surface area contributed by atoms with E-state index in [2.05, 4.69) is 5.32 Å². The average Bonchev–Trinajstić information content (AvgIpc) is 2.93. The summed E-state index contributed by atoms with van der Waals surface area (Å²) in [5.41, 5.74) is 2.32. The molecule has 1 N–H and O–H groups in total. The van der Waals surface area contributed by atoms with Crippen LogP contribution in [0.4, 0.5) is 16.3 Å². The quantitative estimate of drug-likeness (QED) is 0.532. The zero-order valence-electron chi connectivity index (χ0n) is 22.0. The Hall–Kier alpha value is -3.66. The molecule has 1 saturated heterocycles. The largest absolute Gasteiger partial charge is 0.444 e. The van der Waals surface area contributed by atoms with Gasteiger partial charge in [0.1, 0.15) is 17.5 Å². The lowest BCUT2D eigenvalue weighted by atomic mass is 10.0. The summed E-state index contributed by atoms with van der Waals surface area (Å²) in [4.78, 5) is 34.4. The Kier molecular flexibility index (Phi) is 6.54. The van der Waals surface area contributed by atoms with Gasteiger partial charge in [0, 0.05) is 31.1 Å². The molecule has 1 fully saturated rings. The van der Waals surface area contributed by atoms with Crippen LogP contribution in [0.15, 0.2) is 53.4 Å². The minimum absolute atomic E-state index is 0.0355. The number of pyridine rings is 1. The number of hydrogen-bond acceptors (Lipinski definition) is 7. The molecule has 2 aliphatic rings. The SMILES string of the molecule is Cc1ccc2nc(N3CCS(=O)(=O)c4ccccc4C3)cc(NC(=O)C3CCN3C(=O)OC(C)(C)C)c2c1.